The minimum Gasteiger partial charge on any atom is -0.396 e. The Kier molecular flexibility index (Phi) is 3.75. The van der Waals surface area contributed by atoms with Gasteiger partial charge in [0, 0.05) is 32.3 Å². The lowest BCUT2D eigenvalue weighted by molar-refractivity contribution is 0.273. The highest BCUT2D eigenvalue weighted by Gasteiger charge is 2.12. The Labute approximate surface area is 92.5 Å². The molecule has 2 heteroatoms. The Hall–Kier alpha value is -1.02. The Bertz CT molecular complexity index is 345. The second kappa shape index (κ2) is 4.67. The number of hydrogen-bond acceptors (Lipinski definition) is 2. The van der Waals surface area contributed by atoms with Gasteiger partial charge in [-0.25, -0.2) is 0 Å². The smallest absolute Gasteiger partial charge is 0.0497 e. The first-order chi connectivity index (χ1) is 6.97. The maximum absolute atomic E-state index is 9.24. The summed E-state index contributed by atoms with van der Waals surface area (Å²) in [7, 11) is 4.08. The van der Waals surface area contributed by atoms with E-state index in [0.717, 1.165) is 0 Å². The lowest BCUT2D eigenvalue weighted by atomic mass is 9.95. The van der Waals surface area contributed by atoms with Crippen molar-refractivity contribution >= 4 is 5.69 Å². The minimum atomic E-state index is 0.196. The van der Waals surface area contributed by atoms with Gasteiger partial charge in [-0.05, 0) is 36.6 Å². The molecule has 15 heavy (non-hydrogen) atoms. The number of rotatable bonds is 3. The lowest BCUT2D eigenvalue weighted by Crippen LogP contribution is -2.14. The number of hydrogen-bond donors (Lipinski definition) is 1. The van der Waals surface area contributed by atoms with E-state index in [0.29, 0.717) is 0 Å². The molecular formula is C13H21NO. The molecule has 0 aliphatic heterocycles. The zero-order chi connectivity index (χ0) is 11.6. The van der Waals surface area contributed by atoms with Crippen LogP contribution in [0.25, 0.3) is 0 Å². The summed E-state index contributed by atoms with van der Waals surface area (Å²) in [5.41, 5.74) is 5.02. The minimum absolute atomic E-state index is 0.196. The summed E-state index contributed by atoms with van der Waals surface area (Å²) >= 11 is 0. The van der Waals surface area contributed by atoms with Gasteiger partial charge >= 0.3 is 0 Å². The quantitative estimate of drug-likeness (QED) is 0.823. The molecule has 0 bridgehead atoms. The molecule has 0 saturated heterocycles. The van der Waals surface area contributed by atoms with E-state index in [1.54, 1.807) is 0 Å². The van der Waals surface area contributed by atoms with Gasteiger partial charge in [-0.1, -0.05) is 13.0 Å². The van der Waals surface area contributed by atoms with Crippen LogP contribution in [0.2, 0.25) is 0 Å². The van der Waals surface area contributed by atoms with Crippen molar-refractivity contribution in [3.63, 3.8) is 0 Å². The van der Waals surface area contributed by atoms with Gasteiger partial charge in [-0.3, -0.25) is 0 Å². The van der Waals surface area contributed by atoms with Gasteiger partial charge in [0.15, 0.2) is 0 Å². The largest absolute Gasteiger partial charge is 0.396 e. The van der Waals surface area contributed by atoms with Crippen LogP contribution >= 0.6 is 0 Å². The summed E-state index contributed by atoms with van der Waals surface area (Å²) in [6.07, 6.45) is 0. The predicted molar refractivity (Wildman–Crippen MR) is 65.7 cm³/mol. The first-order valence-corrected chi connectivity index (χ1v) is 5.36. The van der Waals surface area contributed by atoms with E-state index in [-0.39, 0.29) is 12.5 Å². The number of aryl methyl sites for hydroxylation is 2. The third-order valence-electron chi connectivity index (χ3n) is 2.93. The molecule has 1 aromatic rings. The second-order valence-electron chi connectivity index (χ2n) is 4.47. The van der Waals surface area contributed by atoms with Crippen LogP contribution < -0.4 is 4.90 Å². The molecule has 0 aromatic heterocycles. The lowest BCUT2D eigenvalue weighted by Gasteiger charge is -2.22. The van der Waals surface area contributed by atoms with Crippen LogP contribution in [0.3, 0.4) is 0 Å². The summed E-state index contributed by atoms with van der Waals surface area (Å²) in [5, 5.41) is 9.24. The summed E-state index contributed by atoms with van der Waals surface area (Å²) in [6, 6.07) is 4.38. The predicted octanol–water partition coefficient (Wildman–Crippen LogP) is 2.47. The number of benzene rings is 1. The van der Waals surface area contributed by atoms with Gasteiger partial charge in [0.25, 0.3) is 0 Å². The molecule has 1 atom stereocenters. The summed E-state index contributed by atoms with van der Waals surface area (Å²) in [6.45, 7) is 6.48. The fourth-order valence-corrected chi connectivity index (χ4v) is 1.70. The van der Waals surface area contributed by atoms with Crippen LogP contribution in [0.1, 0.15) is 29.5 Å². The average molecular weight is 207 g/mol. The van der Waals surface area contributed by atoms with Crippen molar-refractivity contribution in [2.24, 2.45) is 0 Å². The van der Waals surface area contributed by atoms with Crippen molar-refractivity contribution in [3.8, 4) is 0 Å². The highest BCUT2D eigenvalue weighted by atomic mass is 16.3. The number of aliphatic hydroxyl groups excluding tert-OH is 1. The molecule has 0 saturated carbocycles. The monoisotopic (exact) mass is 207 g/mol. The first-order valence-electron chi connectivity index (χ1n) is 5.36. The van der Waals surface area contributed by atoms with E-state index in [9.17, 15) is 5.11 Å². The molecule has 1 unspecified atom stereocenters. The van der Waals surface area contributed by atoms with Gasteiger partial charge in [0.2, 0.25) is 0 Å². The van der Waals surface area contributed by atoms with Crippen molar-refractivity contribution in [1.82, 2.24) is 0 Å². The Balaban J connectivity index is 3.28. The summed E-state index contributed by atoms with van der Waals surface area (Å²) in [4.78, 5) is 2.11. The van der Waals surface area contributed by atoms with E-state index in [2.05, 4.69) is 37.8 Å². The first kappa shape index (κ1) is 12.1. The molecule has 1 rings (SSSR count). The average Bonchev–Trinajstić information content (AvgIpc) is 2.20. The third-order valence-corrected chi connectivity index (χ3v) is 2.93. The van der Waals surface area contributed by atoms with E-state index >= 15 is 0 Å². The topological polar surface area (TPSA) is 23.5 Å². The number of nitrogens with zero attached hydrogens (tertiary/aromatic N) is 1. The zero-order valence-electron chi connectivity index (χ0n) is 10.3. The molecule has 0 spiro atoms. The molecule has 0 radical (unpaired) electrons. The van der Waals surface area contributed by atoms with Crippen LogP contribution in [-0.2, 0) is 0 Å². The maximum Gasteiger partial charge on any atom is 0.0497 e. The van der Waals surface area contributed by atoms with Gasteiger partial charge in [-0.15, -0.1) is 0 Å². The molecule has 0 amide bonds. The van der Waals surface area contributed by atoms with Crippen LogP contribution in [-0.4, -0.2) is 25.8 Å². The molecule has 2 nitrogen and oxygen atoms in total. The van der Waals surface area contributed by atoms with Crippen molar-refractivity contribution < 1.29 is 5.11 Å². The van der Waals surface area contributed by atoms with Gasteiger partial charge in [-0.2, -0.15) is 0 Å². The van der Waals surface area contributed by atoms with Crippen molar-refractivity contribution in [2.45, 2.75) is 26.7 Å². The molecule has 0 aliphatic carbocycles. The van der Waals surface area contributed by atoms with E-state index in [1.165, 1.54) is 22.4 Å². The molecule has 84 valence electrons. The molecule has 0 aliphatic rings. The van der Waals surface area contributed by atoms with Crippen molar-refractivity contribution in [1.29, 1.82) is 0 Å². The maximum atomic E-state index is 9.24. The number of anilines is 1. The highest BCUT2D eigenvalue weighted by Crippen LogP contribution is 2.29. The summed E-state index contributed by atoms with van der Waals surface area (Å²) in [5.74, 6) is 0.196. The van der Waals surface area contributed by atoms with Crippen LogP contribution in [0.15, 0.2) is 12.1 Å². The number of aliphatic hydroxyl groups is 1. The Morgan fingerprint density at radius 3 is 2.20 bits per heavy atom. The summed E-state index contributed by atoms with van der Waals surface area (Å²) < 4.78 is 0. The fraction of sp³-hybridized carbons (Fsp3) is 0.538. The SMILES string of the molecule is Cc1cc(C(C)CO)c(N(C)C)cc1C. The standard InChI is InChI=1S/C13H21NO/c1-9-6-12(11(3)8-15)13(14(4)5)7-10(9)2/h6-7,11,15H,8H2,1-5H3. The Morgan fingerprint density at radius 1 is 1.20 bits per heavy atom. The third kappa shape index (κ3) is 2.51. The van der Waals surface area contributed by atoms with E-state index in [4.69, 9.17) is 0 Å². The normalized spacial score (nSPS) is 12.7. The molecule has 0 fully saturated rings. The molecule has 1 N–H and O–H groups in total. The van der Waals surface area contributed by atoms with E-state index in [1.807, 2.05) is 14.1 Å². The Morgan fingerprint density at radius 2 is 1.73 bits per heavy atom. The fourth-order valence-electron chi connectivity index (χ4n) is 1.70. The second-order valence-corrected chi connectivity index (χ2v) is 4.47. The van der Waals surface area contributed by atoms with Crippen LogP contribution in [0.4, 0.5) is 5.69 Å². The molecular weight excluding hydrogens is 186 g/mol. The van der Waals surface area contributed by atoms with E-state index < -0.39 is 0 Å². The van der Waals surface area contributed by atoms with Gasteiger partial charge in [0.1, 0.15) is 0 Å². The van der Waals surface area contributed by atoms with Gasteiger partial charge in [0.05, 0.1) is 0 Å². The van der Waals surface area contributed by atoms with Crippen molar-refractivity contribution in [3.05, 3.63) is 28.8 Å². The van der Waals surface area contributed by atoms with Crippen LogP contribution in [0, 0.1) is 13.8 Å². The molecule has 1 aromatic carbocycles. The van der Waals surface area contributed by atoms with Gasteiger partial charge < -0.3 is 10.0 Å². The van der Waals surface area contributed by atoms with Crippen LogP contribution in [0.5, 0.6) is 0 Å². The van der Waals surface area contributed by atoms with Crippen molar-refractivity contribution in [2.75, 3.05) is 25.6 Å². The highest BCUT2D eigenvalue weighted by molar-refractivity contribution is 5.57. The molecule has 0 heterocycles. The zero-order valence-corrected chi connectivity index (χ0v) is 10.3.